The number of rotatable bonds is 3. The molecule has 0 saturated heterocycles. The molecule has 1 aliphatic rings. The molecule has 0 aliphatic carbocycles. The highest BCUT2D eigenvalue weighted by molar-refractivity contribution is 5.83. The number of nitriles is 1. The fraction of sp³-hybridized carbons (Fsp3) is 0.222. The highest BCUT2D eigenvalue weighted by Crippen LogP contribution is 2.33. The zero-order chi connectivity index (χ0) is 18.3. The molecule has 1 aliphatic heterocycles. The van der Waals surface area contributed by atoms with E-state index < -0.39 is 17.8 Å². The highest BCUT2D eigenvalue weighted by Gasteiger charge is 2.31. The van der Waals surface area contributed by atoms with E-state index in [4.69, 9.17) is 0 Å². The van der Waals surface area contributed by atoms with Gasteiger partial charge in [-0.2, -0.15) is 23.5 Å². The monoisotopic (exact) mass is 357 g/mol. The molecule has 26 heavy (non-hydrogen) atoms. The van der Waals surface area contributed by atoms with Crippen LogP contribution < -0.4 is 10.6 Å². The maximum Gasteiger partial charge on any atom is 0.416 e. The van der Waals surface area contributed by atoms with Crippen molar-refractivity contribution in [1.29, 1.82) is 5.26 Å². The molecule has 0 saturated carbocycles. The smallest absolute Gasteiger partial charge is 0.365 e. The second-order valence-corrected chi connectivity index (χ2v) is 6.16. The van der Waals surface area contributed by atoms with Crippen molar-refractivity contribution >= 4 is 16.6 Å². The second kappa shape index (κ2) is 6.04. The molecule has 132 valence electrons. The van der Waals surface area contributed by atoms with Crippen LogP contribution in [0.25, 0.3) is 10.9 Å². The van der Waals surface area contributed by atoms with Crippen molar-refractivity contribution in [3.05, 3.63) is 58.8 Å². The van der Waals surface area contributed by atoms with Crippen molar-refractivity contribution in [2.75, 3.05) is 5.32 Å². The first-order valence-electron chi connectivity index (χ1n) is 7.99. The average molecular weight is 357 g/mol. The minimum absolute atomic E-state index is 0.176. The Kier molecular flexibility index (Phi) is 3.81. The van der Waals surface area contributed by atoms with Crippen LogP contribution >= 0.6 is 0 Å². The van der Waals surface area contributed by atoms with Gasteiger partial charge in [-0.15, -0.1) is 0 Å². The number of hydrogen-bond donors (Lipinski definition) is 3. The molecule has 1 atom stereocenters. The Bertz CT molecular complexity index is 1020. The van der Waals surface area contributed by atoms with E-state index in [9.17, 15) is 18.4 Å². The second-order valence-electron chi connectivity index (χ2n) is 6.16. The van der Waals surface area contributed by atoms with E-state index in [1.165, 1.54) is 11.6 Å². The number of nitrogens with one attached hydrogen (secondary N) is 3. The van der Waals surface area contributed by atoms with Crippen molar-refractivity contribution < 1.29 is 13.2 Å². The maximum absolute atomic E-state index is 12.8. The Morgan fingerprint density at radius 3 is 2.69 bits per heavy atom. The summed E-state index contributed by atoms with van der Waals surface area (Å²) in [6, 6.07) is 10.5. The van der Waals surface area contributed by atoms with Gasteiger partial charge in [-0.25, -0.2) is 0 Å². The molecular formula is C18H14F3N5. The van der Waals surface area contributed by atoms with Gasteiger partial charge in [0.1, 0.15) is 0 Å². The highest BCUT2D eigenvalue weighted by atomic mass is 19.4. The van der Waals surface area contributed by atoms with Crippen LogP contribution in [-0.2, 0) is 19.3 Å². The SMILES string of the molecule is N#C[C@H](Nc1ccc2c(c1)CNC2)c1[nH]nc2cc(C(F)(F)F)ccc12. The quantitative estimate of drug-likeness (QED) is 0.665. The number of alkyl halides is 3. The van der Waals surface area contributed by atoms with E-state index in [1.54, 1.807) is 0 Å². The summed E-state index contributed by atoms with van der Waals surface area (Å²) < 4.78 is 38.5. The molecule has 0 radical (unpaired) electrons. The summed E-state index contributed by atoms with van der Waals surface area (Å²) in [5.74, 6) is 0. The molecule has 3 N–H and O–H groups in total. The molecular weight excluding hydrogens is 343 g/mol. The van der Waals surface area contributed by atoms with Gasteiger partial charge in [0, 0.05) is 24.2 Å². The van der Waals surface area contributed by atoms with Gasteiger partial charge in [0.15, 0.2) is 6.04 Å². The first-order chi connectivity index (χ1) is 12.5. The summed E-state index contributed by atoms with van der Waals surface area (Å²) in [4.78, 5) is 0. The number of nitrogens with zero attached hydrogens (tertiary/aromatic N) is 2. The minimum Gasteiger partial charge on any atom is -0.365 e. The van der Waals surface area contributed by atoms with Crippen LogP contribution in [0.3, 0.4) is 0 Å². The third kappa shape index (κ3) is 2.86. The third-order valence-electron chi connectivity index (χ3n) is 4.48. The Morgan fingerprint density at radius 1 is 1.12 bits per heavy atom. The molecule has 0 amide bonds. The van der Waals surface area contributed by atoms with E-state index >= 15 is 0 Å². The molecule has 1 aromatic heterocycles. The predicted molar refractivity (Wildman–Crippen MR) is 90.1 cm³/mol. The average Bonchev–Trinajstić information content (AvgIpc) is 3.24. The Balaban J connectivity index is 1.65. The van der Waals surface area contributed by atoms with Crippen molar-refractivity contribution in [3.8, 4) is 6.07 Å². The molecule has 0 unspecified atom stereocenters. The summed E-state index contributed by atoms with van der Waals surface area (Å²) in [7, 11) is 0. The standard InChI is InChI=1S/C18H14F3N5/c19-18(20,21)12-2-4-14-15(6-12)25-26-17(14)16(7-22)24-13-3-1-10-8-23-9-11(10)5-13/h1-6,16,23-24H,8-9H2,(H,25,26)/t16-/m0/s1. The number of hydrogen-bond acceptors (Lipinski definition) is 4. The van der Waals surface area contributed by atoms with Crippen LogP contribution in [0, 0.1) is 11.3 Å². The van der Waals surface area contributed by atoms with Crippen LogP contribution in [-0.4, -0.2) is 10.2 Å². The fourth-order valence-electron chi connectivity index (χ4n) is 3.15. The van der Waals surface area contributed by atoms with E-state index in [1.807, 2.05) is 18.2 Å². The topological polar surface area (TPSA) is 76.5 Å². The Hall–Kier alpha value is -3.05. The number of H-pyrrole nitrogens is 1. The first-order valence-corrected chi connectivity index (χ1v) is 7.99. The lowest BCUT2D eigenvalue weighted by atomic mass is 10.1. The third-order valence-corrected chi connectivity index (χ3v) is 4.48. The molecule has 0 fully saturated rings. The zero-order valence-corrected chi connectivity index (χ0v) is 13.5. The lowest BCUT2D eigenvalue weighted by molar-refractivity contribution is -0.137. The van der Waals surface area contributed by atoms with Gasteiger partial charge in [-0.1, -0.05) is 12.1 Å². The number of anilines is 1. The molecule has 2 aromatic carbocycles. The summed E-state index contributed by atoms with van der Waals surface area (Å²) in [6.07, 6.45) is -4.43. The van der Waals surface area contributed by atoms with E-state index in [-0.39, 0.29) is 5.52 Å². The number of aromatic amines is 1. The van der Waals surface area contributed by atoms with Crippen molar-refractivity contribution in [3.63, 3.8) is 0 Å². The minimum atomic E-state index is -4.43. The van der Waals surface area contributed by atoms with E-state index in [0.29, 0.717) is 11.1 Å². The van der Waals surface area contributed by atoms with Gasteiger partial charge in [-0.05, 0) is 35.4 Å². The van der Waals surface area contributed by atoms with Gasteiger partial charge >= 0.3 is 6.18 Å². The predicted octanol–water partition coefficient (Wildman–Crippen LogP) is 3.86. The van der Waals surface area contributed by atoms with Crippen LogP contribution in [0.1, 0.15) is 28.4 Å². The Labute approximate surface area is 146 Å². The van der Waals surface area contributed by atoms with Crippen molar-refractivity contribution in [2.24, 2.45) is 0 Å². The lowest BCUT2D eigenvalue weighted by Gasteiger charge is -2.13. The maximum atomic E-state index is 12.8. The van der Waals surface area contributed by atoms with E-state index in [0.717, 1.165) is 36.5 Å². The van der Waals surface area contributed by atoms with Gasteiger partial charge in [-0.3, -0.25) is 5.10 Å². The van der Waals surface area contributed by atoms with Crippen LogP contribution in [0.5, 0.6) is 0 Å². The van der Waals surface area contributed by atoms with Crippen LogP contribution in [0.2, 0.25) is 0 Å². The number of benzene rings is 2. The molecule has 5 nitrogen and oxygen atoms in total. The molecule has 0 bridgehead atoms. The number of halogens is 3. The zero-order valence-electron chi connectivity index (χ0n) is 13.5. The van der Waals surface area contributed by atoms with Crippen LogP contribution in [0.15, 0.2) is 36.4 Å². The van der Waals surface area contributed by atoms with Crippen molar-refractivity contribution in [1.82, 2.24) is 15.5 Å². The van der Waals surface area contributed by atoms with Crippen molar-refractivity contribution in [2.45, 2.75) is 25.3 Å². The molecule has 8 heteroatoms. The normalized spacial score (nSPS) is 14.8. The van der Waals surface area contributed by atoms with Gasteiger partial charge in [0.25, 0.3) is 0 Å². The summed E-state index contributed by atoms with van der Waals surface area (Å²) in [5.41, 5.74) is 3.00. The largest absolute Gasteiger partial charge is 0.416 e. The van der Waals surface area contributed by atoms with E-state index in [2.05, 4.69) is 26.9 Å². The lowest BCUT2D eigenvalue weighted by Crippen LogP contribution is -2.10. The summed E-state index contributed by atoms with van der Waals surface area (Å²) in [6.45, 7) is 1.60. The number of aromatic nitrogens is 2. The van der Waals surface area contributed by atoms with Gasteiger partial charge in [0.05, 0.1) is 22.8 Å². The Morgan fingerprint density at radius 2 is 1.92 bits per heavy atom. The molecule has 4 rings (SSSR count). The molecule has 3 aromatic rings. The summed E-state index contributed by atoms with van der Waals surface area (Å²) >= 11 is 0. The fourth-order valence-corrected chi connectivity index (χ4v) is 3.15. The summed E-state index contributed by atoms with van der Waals surface area (Å²) in [5, 5.41) is 23.0. The van der Waals surface area contributed by atoms with Gasteiger partial charge < -0.3 is 10.6 Å². The number of fused-ring (bicyclic) bond motifs is 2. The molecule has 2 heterocycles. The molecule has 0 spiro atoms. The van der Waals surface area contributed by atoms with Crippen LogP contribution in [0.4, 0.5) is 18.9 Å². The first kappa shape index (κ1) is 16.4. The van der Waals surface area contributed by atoms with Gasteiger partial charge in [0.2, 0.25) is 0 Å².